The molecule has 17 heavy (non-hydrogen) atoms. The van der Waals surface area contributed by atoms with Crippen molar-refractivity contribution in [3.8, 4) is 0 Å². The molecule has 0 heterocycles. The van der Waals surface area contributed by atoms with Crippen LogP contribution < -0.4 is 11.1 Å². The number of hydrogen-bond donors (Lipinski definition) is 2. The van der Waals surface area contributed by atoms with Crippen LogP contribution >= 0.6 is 0 Å². The Labute approximate surface area is 106 Å². The highest BCUT2D eigenvalue weighted by atomic mass is 15.1. The molecule has 0 bridgehead atoms. The van der Waals surface area contributed by atoms with Crippen molar-refractivity contribution < 1.29 is 0 Å². The summed E-state index contributed by atoms with van der Waals surface area (Å²) in [5.41, 5.74) is 6.18. The summed E-state index contributed by atoms with van der Waals surface area (Å²) in [6, 6.07) is 0.411. The quantitative estimate of drug-likeness (QED) is 0.572. The van der Waals surface area contributed by atoms with Gasteiger partial charge in [-0.05, 0) is 37.5 Å². The van der Waals surface area contributed by atoms with Crippen LogP contribution in [-0.2, 0) is 0 Å². The van der Waals surface area contributed by atoms with Crippen molar-refractivity contribution in [3.63, 3.8) is 0 Å². The fourth-order valence-electron chi connectivity index (χ4n) is 2.53. The summed E-state index contributed by atoms with van der Waals surface area (Å²) >= 11 is 0. The van der Waals surface area contributed by atoms with Gasteiger partial charge in [-0.1, -0.05) is 33.6 Å². The Morgan fingerprint density at radius 1 is 1.41 bits per heavy atom. The van der Waals surface area contributed by atoms with Crippen LogP contribution in [0.5, 0.6) is 0 Å². The van der Waals surface area contributed by atoms with Gasteiger partial charge in [0.2, 0.25) is 0 Å². The highest BCUT2D eigenvalue weighted by Gasteiger charge is 2.31. The number of nitrogens with one attached hydrogen (secondary N) is 1. The second-order valence-corrected chi connectivity index (χ2v) is 6.13. The van der Waals surface area contributed by atoms with E-state index in [9.17, 15) is 0 Å². The maximum Gasteiger partial charge on any atom is 0.188 e. The van der Waals surface area contributed by atoms with E-state index in [1.54, 1.807) is 0 Å². The van der Waals surface area contributed by atoms with Gasteiger partial charge in [-0.3, -0.25) is 4.99 Å². The Balaban J connectivity index is 2.43. The van der Waals surface area contributed by atoms with Gasteiger partial charge >= 0.3 is 0 Å². The predicted octanol–water partition coefficient (Wildman–Crippen LogP) is 2.91. The van der Waals surface area contributed by atoms with Gasteiger partial charge in [0.1, 0.15) is 0 Å². The summed E-state index contributed by atoms with van der Waals surface area (Å²) in [6.45, 7) is 9.76. The van der Waals surface area contributed by atoms with Gasteiger partial charge in [0.15, 0.2) is 5.96 Å². The molecule has 0 amide bonds. The van der Waals surface area contributed by atoms with Crippen molar-refractivity contribution >= 4 is 5.96 Å². The number of guanidine groups is 1. The van der Waals surface area contributed by atoms with Crippen molar-refractivity contribution in [2.75, 3.05) is 6.54 Å². The van der Waals surface area contributed by atoms with Gasteiger partial charge in [0.25, 0.3) is 0 Å². The molecule has 1 saturated carbocycles. The molecular weight excluding hydrogens is 210 g/mol. The van der Waals surface area contributed by atoms with Crippen molar-refractivity contribution in [2.45, 2.75) is 65.8 Å². The second-order valence-electron chi connectivity index (χ2n) is 6.13. The van der Waals surface area contributed by atoms with Crippen LogP contribution in [0.15, 0.2) is 4.99 Å². The molecule has 0 saturated heterocycles. The first-order valence-electron chi connectivity index (χ1n) is 7.02. The van der Waals surface area contributed by atoms with E-state index >= 15 is 0 Å². The Kier molecular flexibility index (Phi) is 5.29. The fourth-order valence-corrected chi connectivity index (χ4v) is 2.53. The third kappa shape index (κ3) is 4.57. The first-order chi connectivity index (χ1) is 7.95. The molecule has 1 unspecified atom stereocenters. The van der Waals surface area contributed by atoms with Crippen LogP contribution in [0.3, 0.4) is 0 Å². The average Bonchev–Trinajstić information content (AvgIpc) is 2.80. The summed E-state index contributed by atoms with van der Waals surface area (Å²) < 4.78 is 0. The Morgan fingerprint density at radius 2 is 2.00 bits per heavy atom. The third-order valence-corrected chi connectivity index (χ3v) is 4.12. The zero-order chi connectivity index (χ0) is 12.9. The monoisotopic (exact) mass is 239 g/mol. The molecule has 100 valence electrons. The van der Waals surface area contributed by atoms with Crippen LogP contribution in [0.25, 0.3) is 0 Å². The molecule has 0 radical (unpaired) electrons. The molecule has 0 aromatic carbocycles. The molecule has 1 aliphatic carbocycles. The predicted molar refractivity (Wildman–Crippen MR) is 75.1 cm³/mol. The maximum absolute atomic E-state index is 5.89. The number of nitrogens with two attached hydrogens (primary N) is 1. The van der Waals surface area contributed by atoms with Gasteiger partial charge in [0, 0.05) is 12.6 Å². The largest absolute Gasteiger partial charge is 0.370 e. The molecule has 0 aromatic rings. The highest BCUT2D eigenvalue weighted by molar-refractivity contribution is 5.78. The van der Waals surface area contributed by atoms with Crippen LogP contribution in [0.4, 0.5) is 0 Å². The van der Waals surface area contributed by atoms with Gasteiger partial charge < -0.3 is 11.1 Å². The third-order valence-electron chi connectivity index (χ3n) is 4.12. The summed E-state index contributed by atoms with van der Waals surface area (Å²) in [7, 11) is 0. The molecule has 0 aromatic heterocycles. The van der Waals surface area contributed by atoms with Gasteiger partial charge in [-0.15, -0.1) is 0 Å². The lowest BCUT2D eigenvalue weighted by molar-refractivity contribution is 0.227. The first-order valence-corrected chi connectivity index (χ1v) is 7.02. The Morgan fingerprint density at radius 3 is 2.53 bits per heavy atom. The van der Waals surface area contributed by atoms with E-state index in [1.165, 1.54) is 25.7 Å². The van der Waals surface area contributed by atoms with Gasteiger partial charge in [-0.2, -0.15) is 0 Å². The molecule has 3 N–H and O–H groups in total. The van der Waals surface area contributed by atoms with Crippen LogP contribution in [0, 0.1) is 11.3 Å². The SMILES string of the molecule is CCC(C)NC(N)=NCC(C)(C)C1CCCC1. The van der Waals surface area contributed by atoms with Crippen molar-refractivity contribution in [1.29, 1.82) is 0 Å². The zero-order valence-electron chi connectivity index (χ0n) is 11.9. The molecule has 1 fully saturated rings. The minimum absolute atomic E-state index is 0.290. The molecular formula is C14H29N3. The fraction of sp³-hybridized carbons (Fsp3) is 0.929. The second kappa shape index (κ2) is 6.27. The molecule has 1 aliphatic rings. The van der Waals surface area contributed by atoms with E-state index in [0.717, 1.165) is 18.9 Å². The smallest absolute Gasteiger partial charge is 0.188 e. The molecule has 0 aliphatic heterocycles. The Hall–Kier alpha value is -0.730. The molecule has 3 nitrogen and oxygen atoms in total. The molecule has 1 rings (SSSR count). The van der Waals surface area contributed by atoms with E-state index < -0.39 is 0 Å². The Bertz CT molecular complexity index is 252. The summed E-state index contributed by atoms with van der Waals surface area (Å²) in [6.07, 6.45) is 6.57. The van der Waals surface area contributed by atoms with Crippen molar-refractivity contribution in [1.82, 2.24) is 5.32 Å². The summed E-state index contributed by atoms with van der Waals surface area (Å²) in [5.74, 6) is 1.42. The molecule has 0 spiro atoms. The van der Waals surface area contributed by atoms with E-state index in [-0.39, 0.29) is 5.41 Å². The van der Waals surface area contributed by atoms with Gasteiger partial charge in [-0.25, -0.2) is 0 Å². The number of rotatable bonds is 5. The highest BCUT2D eigenvalue weighted by Crippen LogP contribution is 2.39. The summed E-state index contributed by atoms with van der Waals surface area (Å²) in [5, 5.41) is 3.22. The maximum atomic E-state index is 5.89. The van der Waals surface area contributed by atoms with Crippen LogP contribution in [0.2, 0.25) is 0 Å². The van der Waals surface area contributed by atoms with E-state index in [2.05, 4.69) is 38.0 Å². The van der Waals surface area contributed by atoms with E-state index in [0.29, 0.717) is 12.0 Å². The van der Waals surface area contributed by atoms with Crippen LogP contribution in [0.1, 0.15) is 59.8 Å². The van der Waals surface area contributed by atoms with Crippen molar-refractivity contribution in [2.24, 2.45) is 22.1 Å². The van der Waals surface area contributed by atoms with Crippen LogP contribution in [-0.4, -0.2) is 18.5 Å². The van der Waals surface area contributed by atoms with Crippen molar-refractivity contribution in [3.05, 3.63) is 0 Å². The topological polar surface area (TPSA) is 50.4 Å². The minimum atomic E-state index is 0.290. The summed E-state index contributed by atoms with van der Waals surface area (Å²) in [4.78, 5) is 4.51. The molecule has 1 atom stereocenters. The lowest BCUT2D eigenvalue weighted by Gasteiger charge is -2.30. The zero-order valence-corrected chi connectivity index (χ0v) is 11.9. The molecule has 3 heteroatoms. The average molecular weight is 239 g/mol. The number of nitrogens with zero attached hydrogens (tertiary/aromatic N) is 1. The van der Waals surface area contributed by atoms with E-state index in [1.807, 2.05) is 0 Å². The lowest BCUT2D eigenvalue weighted by Crippen LogP contribution is -2.39. The van der Waals surface area contributed by atoms with E-state index in [4.69, 9.17) is 5.73 Å². The minimum Gasteiger partial charge on any atom is -0.370 e. The standard InChI is InChI=1S/C14H29N3/c1-5-11(2)17-13(15)16-10-14(3,4)12-8-6-7-9-12/h11-12H,5-10H2,1-4H3,(H3,15,16,17). The lowest BCUT2D eigenvalue weighted by atomic mass is 9.78. The number of aliphatic imine (C=N–C) groups is 1. The van der Waals surface area contributed by atoms with Gasteiger partial charge in [0.05, 0.1) is 0 Å². The number of hydrogen-bond acceptors (Lipinski definition) is 1. The first kappa shape index (κ1) is 14.3. The normalized spacial score (nSPS) is 20.6.